The van der Waals surface area contributed by atoms with Crippen LogP contribution in [0, 0.1) is 18.6 Å². The van der Waals surface area contributed by atoms with Gasteiger partial charge in [-0.05, 0) is 42.8 Å². The molecule has 0 saturated carbocycles. The highest BCUT2D eigenvalue weighted by Gasteiger charge is 2.25. The van der Waals surface area contributed by atoms with Crippen molar-refractivity contribution >= 4 is 37.3 Å². The summed E-state index contributed by atoms with van der Waals surface area (Å²) in [6.07, 6.45) is 0. The molecule has 3 N–H and O–H groups in total. The fourth-order valence-corrected chi connectivity index (χ4v) is 3.50. The largest absolute Gasteiger partial charge is 0.399 e. The van der Waals surface area contributed by atoms with Gasteiger partial charge in [-0.2, -0.15) is 0 Å². The van der Waals surface area contributed by atoms with Gasteiger partial charge in [0.15, 0.2) is 4.90 Å². The number of aryl methyl sites for hydroxylation is 1. The molecule has 0 aliphatic heterocycles. The molecule has 4 nitrogen and oxygen atoms in total. The molecule has 0 fully saturated rings. The van der Waals surface area contributed by atoms with Crippen LogP contribution in [0.25, 0.3) is 0 Å². The van der Waals surface area contributed by atoms with Crippen molar-refractivity contribution in [1.82, 2.24) is 0 Å². The summed E-state index contributed by atoms with van der Waals surface area (Å²) in [5.74, 6) is -2.48. The van der Waals surface area contributed by atoms with E-state index in [1.165, 1.54) is 6.07 Å². The normalized spacial score (nSPS) is 11.4. The van der Waals surface area contributed by atoms with Gasteiger partial charge in [-0.1, -0.05) is 15.9 Å². The van der Waals surface area contributed by atoms with E-state index < -0.39 is 26.6 Å². The van der Waals surface area contributed by atoms with Gasteiger partial charge in [0.1, 0.15) is 11.6 Å². The second kappa shape index (κ2) is 5.61. The van der Waals surface area contributed by atoms with E-state index in [1.54, 1.807) is 19.1 Å². The predicted octanol–water partition coefficient (Wildman–Crippen LogP) is 3.42. The number of sulfonamides is 1. The predicted molar refractivity (Wildman–Crippen MR) is 80.5 cm³/mol. The van der Waals surface area contributed by atoms with Gasteiger partial charge in [-0.25, -0.2) is 17.2 Å². The molecule has 0 heterocycles. The number of halogens is 3. The van der Waals surface area contributed by atoms with E-state index in [0.29, 0.717) is 5.56 Å². The molecule has 21 heavy (non-hydrogen) atoms. The molecule has 0 aromatic heterocycles. The lowest BCUT2D eigenvalue weighted by Gasteiger charge is -2.12. The van der Waals surface area contributed by atoms with Crippen LogP contribution in [0.5, 0.6) is 0 Å². The van der Waals surface area contributed by atoms with Crippen LogP contribution in [0.4, 0.5) is 20.2 Å². The topological polar surface area (TPSA) is 72.2 Å². The van der Waals surface area contributed by atoms with Crippen molar-refractivity contribution < 1.29 is 17.2 Å². The molecule has 2 aromatic rings. The average molecular weight is 377 g/mol. The molecule has 8 heteroatoms. The lowest BCUT2D eigenvalue weighted by atomic mass is 10.2. The molecule has 0 saturated heterocycles. The quantitative estimate of drug-likeness (QED) is 0.806. The van der Waals surface area contributed by atoms with Crippen LogP contribution in [0.1, 0.15) is 5.56 Å². The van der Waals surface area contributed by atoms with Crippen molar-refractivity contribution in [1.29, 1.82) is 0 Å². The van der Waals surface area contributed by atoms with Gasteiger partial charge in [0.25, 0.3) is 10.0 Å². The molecule has 0 bridgehead atoms. The second-order valence-electron chi connectivity index (χ2n) is 4.38. The zero-order chi connectivity index (χ0) is 15.8. The molecule has 2 aromatic carbocycles. The number of rotatable bonds is 3. The van der Waals surface area contributed by atoms with Crippen LogP contribution in [-0.4, -0.2) is 8.42 Å². The number of hydrogen-bond acceptors (Lipinski definition) is 3. The zero-order valence-electron chi connectivity index (χ0n) is 10.8. The van der Waals surface area contributed by atoms with E-state index >= 15 is 0 Å². The minimum absolute atomic E-state index is 0.191. The fourth-order valence-electron chi connectivity index (χ4n) is 1.77. The van der Waals surface area contributed by atoms with E-state index in [2.05, 4.69) is 20.7 Å². The van der Waals surface area contributed by atoms with E-state index in [0.717, 1.165) is 16.6 Å². The van der Waals surface area contributed by atoms with Crippen molar-refractivity contribution in [3.8, 4) is 0 Å². The van der Waals surface area contributed by atoms with Gasteiger partial charge >= 0.3 is 0 Å². The molecule has 0 amide bonds. The third-order valence-corrected chi connectivity index (χ3v) is 4.63. The van der Waals surface area contributed by atoms with Gasteiger partial charge in [0.05, 0.1) is 5.69 Å². The highest BCUT2D eigenvalue weighted by molar-refractivity contribution is 9.10. The molecule has 112 valence electrons. The molecule has 0 atom stereocenters. The van der Waals surface area contributed by atoms with Crippen LogP contribution in [0.2, 0.25) is 0 Å². The zero-order valence-corrected chi connectivity index (χ0v) is 13.2. The van der Waals surface area contributed by atoms with E-state index in [4.69, 9.17) is 5.73 Å². The maximum atomic E-state index is 13.7. The summed E-state index contributed by atoms with van der Waals surface area (Å²) in [5, 5.41) is 0. The number of hydrogen-bond donors (Lipinski definition) is 2. The third-order valence-electron chi connectivity index (χ3n) is 2.72. The van der Waals surface area contributed by atoms with Crippen LogP contribution in [0.3, 0.4) is 0 Å². The number of benzene rings is 2. The summed E-state index contributed by atoms with van der Waals surface area (Å²) >= 11 is 3.24. The Morgan fingerprint density at radius 2 is 1.71 bits per heavy atom. The SMILES string of the molecule is Cc1cc(Br)ccc1NS(=O)(=O)c1c(F)cc(N)cc1F. The Hall–Kier alpha value is -1.67. The third kappa shape index (κ3) is 3.33. The highest BCUT2D eigenvalue weighted by Crippen LogP contribution is 2.26. The number of nitrogens with one attached hydrogen (secondary N) is 1. The standard InChI is InChI=1S/C13H11BrF2N2O2S/c1-7-4-8(14)2-3-12(7)18-21(19,20)13-10(15)5-9(17)6-11(13)16/h2-6,18H,17H2,1H3. The summed E-state index contributed by atoms with van der Waals surface area (Å²) < 4.78 is 54.7. The molecule has 0 spiro atoms. The first-order chi connectivity index (χ1) is 9.70. The van der Waals surface area contributed by atoms with Crippen molar-refractivity contribution in [2.45, 2.75) is 11.8 Å². The first kappa shape index (κ1) is 15.7. The summed E-state index contributed by atoms with van der Waals surface area (Å²) in [5.41, 5.74) is 5.91. The smallest absolute Gasteiger partial charge is 0.267 e. The van der Waals surface area contributed by atoms with Crippen LogP contribution < -0.4 is 10.5 Å². The van der Waals surface area contributed by atoms with Gasteiger partial charge in [0, 0.05) is 10.2 Å². The van der Waals surface area contributed by atoms with Gasteiger partial charge in [0.2, 0.25) is 0 Å². The Morgan fingerprint density at radius 3 is 2.24 bits per heavy atom. The second-order valence-corrected chi connectivity index (χ2v) is 6.91. The summed E-state index contributed by atoms with van der Waals surface area (Å²) in [6.45, 7) is 1.66. The average Bonchev–Trinajstić information content (AvgIpc) is 2.30. The van der Waals surface area contributed by atoms with Crippen LogP contribution >= 0.6 is 15.9 Å². The number of nitrogen functional groups attached to an aromatic ring is 1. The van der Waals surface area contributed by atoms with Gasteiger partial charge in [-0.3, -0.25) is 4.72 Å². The van der Waals surface area contributed by atoms with Gasteiger partial charge in [-0.15, -0.1) is 0 Å². The van der Waals surface area contributed by atoms with Crippen molar-refractivity contribution in [2.75, 3.05) is 10.5 Å². The molecule has 2 rings (SSSR count). The first-order valence-corrected chi connectivity index (χ1v) is 8.02. The van der Waals surface area contributed by atoms with Crippen LogP contribution in [-0.2, 0) is 10.0 Å². The Bertz CT molecular complexity index is 787. The summed E-state index contributed by atoms with van der Waals surface area (Å²) in [4.78, 5) is -1.06. The minimum Gasteiger partial charge on any atom is -0.399 e. The van der Waals surface area contributed by atoms with E-state index in [-0.39, 0.29) is 11.4 Å². The van der Waals surface area contributed by atoms with Crippen molar-refractivity contribution in [3.63, 3.8) is 0 Å². The highest BCUT2D eigenvalue weighted by atomic mass is 79.9. The maximum absolute atomic E-state index is 13.7. The summed E-state index contributed by atoms with van der Waals surface area (Å²) in [7, 11) is -4.40. The molecular formula is C13H11BrF2N2O2S. The monoisotopic (exact) mass is 376 g/mol. The van der Waals surface area contributed by atoms with Crippen molar-refractivity contribution in [2.24, 2.45) is 0 Å². The van der Waals surface area contributed by atoms with Crippen LogP contribution in [0.15, 0.2) is 39.7 Å². The van der Waals surface area contributed by atoms with Gasteiger partial charge < -0.3 is 5.73 Å². The molecular weight excluding hydrogens is 366 g/mol. The molecule has 0 radical (unpaired) electrons. The molecule has 0 unspecified atom stereocenters. The Morgan fingerprint density at radius 1 is 1.14 bits per heavy atom. The Kier molecular flexibility index (Phi) is 4.20. The Labute approximate surface area is 129 Å². The van der Waals surface area contributed by atoms with E-state index in [1.807, 2.05) is 0 Å². The molecule has 0 aliphatic carbocycles. The van der Waals surface area contributed by atoms with E-state index in [9.17, 15) is 17.2 Å². The molecule has 0 aliphatic rings. The minimum atomic E-state index is -4.40. The fraction of sp³-hybridized carbons (Fsp3) is 0.0769. The Balaban J connectivity index is 2.48. The summed E-state index contributed by atoms with van der Waals surface area (Å²) in [6, 6.07) is 6.29. The lowest BCUT2D eigenvalue weighted by Crippen LogP contribution is -2.17. The van der Waals surface area contributed by atoms with Crippen molar-refractivity contribution in [3.05, 3.63) is 52.0 Å². The first-order valence-electron chi connectivity index (χ1n) is 5.74. The lowest BCUT2D eigenvalue weighted by molar-refractivity contribution is 0.522. The number of nitrogens with two attached hydrogens (primary N) is 1. The maximum Gasteiger partial charge on any atom is 0.267 e. The number of anilines is 2.